The van der Waals surface area contributed by atoms with E-state index in [1.54, 1.807) is 0 Å². The lowest BCUT2D eigenvalue weighted by Crippen LogP contribution is -1.92. The number of aromatic amines is 2. The number of hydrogen-bond donors (Lipinski definition) is 2. The Labute approximate surface area is 216 Å². The molecule has 0 saturated heterocycles. The second-order valence-electron chi connectivity index (χ2n) is 9.77. The molecule has 9 aromatic rings. The van der Waals surface area contributed by atoms with E-state index in [2.05, 4.69) is 81.0 Å². The second-order valence-corrected chi connectivity index (χ2v) is 12.5. The number of aromatic nitrogens is 2. The van der Waals surface area contributed by atoms with Crippen LogP contribution in [0.25, 0.3) is 90.5 Å². The highest BCUT2D eigenvalue weighted by Crippen LogP contribution is 2.54. The van der Waals surface area contributed by atoms with Crippen LogP contribution in [0, 0.1) is 0 Å². The van der Waals surface area contributed by atoms with Crippen molar-refractivity contribution in [3.05, 3.63) is 76.1 Å². The molecule has 0 amide bonds. The van der Waals surface area contributed by atoms with Gasteiger partial charge in [0.05, 0.1) is 11.0 Å². The summed E-state index contributed by atoms with van der Waals surface area (Å²) in [6.07, 6.45) is 9.99. The summed E-state index contributed by atoms with van der Waals surface area (Å²) in [5.74, 6) is 0. The van der Waals surface area contributed by atoms with E-state index in [-0.39, 0.29) is 0 Å². The molecule has 36 heavy (non-hydrogen) atoms. The van der Waals surface area contributed by atoms with Gasteiger partial charge in [-0.15, -0.1) is 34.0 Å². The lowest BCUT2D eigenvalue weighted by Gasteiger charge is -2.18. The van der Waals surface area contributed by atoms with Gasteiger partial charge in [-0.05, 0) is 69.4 Å². The highest BCUT2D eigenvalue weighted by molar-refractivity contribution is 7.20. The number of H-pyrrole nitrogens is 2. The normalized spacial score (nSPS) is 13.9. The van der Waals surface area contributed by atoms with Crippen LogP contribution in [0.3, 0.4) is 0 Å². The van der Waals surface area contributed by atoms with Crippen LogP contribution in [-0.4, -0.2) is 9.97 Å². The van der Waals surface area contributed by atoms with Crippen LogP contribution in [0.1, 0.15) is 11.1 Å². The van der Waals surface area contributed by atoms with Gasteiger partial charge in [-0.3, -0.25) is 0 Å². The minimum Gasteiger partial charge on any atom is -0.361 e. The van der Waals surface area contributed by atoms with E-state index in [4.69, 9.17) is 0 Å². The van der Waals surface area contributed by atoms with Crippen LogP contribution in [0.4, 0.5) is 0 Å². The SMILES string of the molecule is C1=Cc2c(c3ccsc3c3c2c2c4sccc4c4[nH]ccc4c2c2c4sccc4c4[nH]ccc4c32)C1. The van der Waals surface area contributed by atoms with Crippen LogP contribution in [0.2, 0.25) is 0 Å². The van der Waals surface area contributed by atoms with Crippen molar-refractivity contribution in [1.82, 2.24) is 9.97 Å². The van der Waals surface area contributed by atoms with Crippen molar-refractivity contribution >= 4 is 124 Å². The molecule has 10 rings (SSSR count). The average Bonchev–Trinajstić information content (AvgIpc) is 3.73. The Kier molecular flexibility index (Phi) is 3.20. The molecule has 2 nitrogen and oxygen atoms in total. The van der Waals surface area contributed by atoms with Crippen molar-refractivity contribution in [2.75, 3.05) is 0 Å². The number of fused-ring (bicyclic) bond motifs is 21. The molecular weight excluding hydrogens is 497 g/mol. The molecule has 4 aromatic carbocycles. The molecule has 0 unspecified atom stereocenters. The standard InChI is InChI=1S/C31H16N2S3/c1-2-14-15(3-1)21-24(29-16(14)6-11-34-29)22-17-4-9-32-27(17)20-8-13-36-31(20)26(22)23-18-5-10-33-28(18)19-7-12-35-30(19)25(21)23/h1,3-13,32-33H,2H2. The molecule has 5 aromatic heterocycles. The molecule has 0 fully saturated rings. The summed E-state index contributed by atoms with van der Waals surface area (Å²) in [6.45, 7) is 0. The van der Waals surface area contributed by atoms with Gasteiger partial charge < -0.3 is 9.97 Å². The topological polar surface area (TPSA) is 31.6 Å². The monoisotopic (exact) mass is 512 g/mol. The predicted octanol–water partition coefficient (Wildman–Crippen LogP) is 10.3. The summed E-state index contributed by atoms with van der Waals surface area (Å²) in [5, 5.41) is 22.0. The van der Waals surface area contributed by atoms with Gasteiger partial charge in [0.2, 0.25) is 0 Å². The molecule has 0 spiro atoms. The molecule has 0 radical (unpaired) electrons. The van der Waals surface area contributed by atoms with Crippen LogP contribution in [0.15, 0.2) is 64.9 Å². The second kappa shape index (κ2) is 6.19. The number of rotatable bonds is 0. The first-order valence-electron chi connectivity index (χ1n) is 12.1. The Hall–Kier alpha value is -3.64. The van der Waals surface area contributed by atoms with E-state index in [0.717, 1.165) is 6.42 Å². The van der Waals surface area contributed by atoms with Gasteiger partial charge >= 0.3 is 0 Å². The van der Waals surface area contributed by atoms with E-state index in [0.29, 0.717) is 0 Å². The van der Waals surface area contributed by atoms with E-state index in [1.807, 2.05) is 34.0 Å². The van der Waals surface area contributed by atoms with Crippen molar-refractivity contribution in [2.24, 2.45) is 0 Å². The Bertz CT molecular complexity index is 2390. The zero-order chi connectivity index (χ0) is 23.1. The average molecular weight is 513 g/mol. The molecule has 0 bridgehead atoms. The molecule has 0 aliphatic heterocycles. The van der Waals surface area contributed by atoms with Gasteiger partial charge in [0.1, 0.15) is 0 Å². The summed E-state index contributed by atoms with van der Waals surface area (Å²) in [7, 11) is 0. The summed E-state index contributed by atoms with van der Waals surface area (Å²) in [4.78, 5) is 7.19. The summed E-state index contributed by atoms with van der Waals surface area (Å²) < 4.78 is 4.20. The van der Waals surface area contributed by atoms with Crippen molar-refractivity contribution < 1.29 is 0 Å². The lowest BCUT2D eigenvalue weighted by molar-refractivity contribution is 1.36. The fraction of sp³-hybridized carbons (Fsp3) is 0.0323. The highest BCUT2D eigenvalue weighted by atomic mass is 32.1. The van der Waals surface area contributed by atoms with E-state index in [1.165, 1.54) is 95.5 Å². The van der Waals surface area contributed by atoms with Gasteiger partial charge in [0.25, 0.3) is 0 Å². The number of allylic oxidation sites excluding steroid dienone is 1. The molecule has 168 valence electrons. The number of hydrogen-bond acceptors (Lipinski definition) is 3. The fourth-order valence-electron chi connectivity index (χ4n) is 6.97. The zero-order valence-electron chi connectivity index (χ0n) is 18.9. The minimum atomic E-state index is 1.02. The van der Waals surface area contributed by atoms with Gasteiger partial charge in [0.15, 0.2) is 0 Å². The fourth-order valence-corrected chi connectivity index (χ4v) is 9.87. The van der Waals surface area contributed by atoms with Crippen molar-refractivity contribution in [2.45, 2.75) is 6.42 Å². The first-order chi connectivity index (χ1) is 17.9. The summed E-state index contributed by atoms with van der Waals surface area (Å²) >= 11 is 5.65. The molecule has 5 heteroatoms. The van der Waals surface area contributed by atoms with Gasteiger partial charge in [-0.2, -0.15) is 0 Å². The molecule has 2 N–H and O–H groups in total. The van der Waals surface area contributed by atoms with Crippen molar-refractivity contribution in [3.63, 3.8) is 0 Å². The van der Waals surface area contributed by atoms with Crippen LogP contribution in [0.5, 0.6) is 0 Å². The third kappa shape index (κ3) is 1.93. The van der Waals surface area contributed by atoms with Gasteiger partial charge in [-0.25, -0.2) is 0 Å². The van der Waals surface area contributed by atoms with Crippen LogP contribution in [-0.2, 0) is 6.42 Å². The Morgan fingerprint density at radius 1 is 0.528 bits per heavy atom. The number of nitrogens with one attached hydrogen (secondary N) is 2. The Morgan fingerprint density at radius 2 is 1.06 bits per heavy atom. The molecule has 0 atom stereocenters. The zero-order valence-corrected chi connectivity index (χ0v) is 21.3. The highest BCUT2D eigenvalue weighted by Gasteiger charge is 2.26. The van der Waals surface area contributed by atoms with Crippen LogP contribution >= 0.6 is 34.0 Å². The molecule has 1 aliphatic rings. The van der Waals surface area contributed by atoms with E-state index in [9.17, 15) is 0 Å². The number of thiophene rings is 3. The number of benzene rings is 4. The molecule has 5 heterocycles. The third-order valence-electron chi connectivity index (χ3n) is 8.27. The summed E-state index contributed by atoms with van der Waals surface area (Å²) in [5.41, 5.74) is 5.41. The third-order valence-corrected chi connectivity index (χ3v) is 11.1. The molecular formula is C31H16N2S3. The minimum absolute atomic E-state index is 1.02. The van der Waals surface area contributed by atoms with Crippen LogP contribution < -0.4 is 0 Å². The molecule has 1 aliphatic carbocycles. The predicted molar refractivity (Wildman–Crippen MR) is 162 cm³/mol. The maximum atomic E-state index is 3.60. The van der Waals surface area contributed by atoms with E-state index < -0.39 is 0 Å². The van der Waals surface area contributed by atoms with Crippen molar-refractivity contribution in [3.8, 4) is 0 Å². The quantitative estimate of drug-likeness (QED) is 0.189. The lowest BCUT2D eigenvalue weighted by atomic mass is 9.86. The first-order valence-corrected chi connectivity index (χ1v) is 14.8. The van der Waals surface area contributed by atoms with Gasteiger partial charge in [-0.1, -0.05) is 12.2 Å². The maximum Gasteiger partial charge on any atom is 0.0548 e. The first kappa shape index (κ1) is 18.6. The maximum absolute atomic E-state index is 3.60. The smallest absolute Gasteiger partial charge is 0.0548 e. The Balaban J connectivity index is 1.76. The van der Waals surface area contributed by atoms with Crippen molar-refractivity contribution in [1.29, 1.82) is 0 Å². The largest absolute Gasteiger partial charge is 0.361 e. The molecule has 0 saturated carbocycles. The van der Waals surface area contributed by atoms with E-state index >= 15 is 0 Å². The summed E-state index contributed by atoms with van der Waals surface area (Å²) in [6, 6.07) is 11.5. The Morgan fingerprint density at radius 3 is 1.67 bits per heavy atom. The van der Waals surface area contributed by atoms with Gasteiger partial charge in [0, 0.05) is 80.4 Å².